The summed E-state index contributed by atoms with van der Waals surface area (Å²) in [6, 6.07) is 0.165. The summed E-state index contributed by atoms with van der Waals surface area (Å²) < 4.78 is 5.18. The van der Waals surface area contributed by atoms with Crippen LogP contribution in [0.2, 0.25) is 0 Å². The van der Waals surface area contributed by atoms with E-state index >= 15 is 0 Å². The molecule has 3 aliphatic carbocycles. The van der Waals surface area contributed by atoms with E-state index in [4.69, 9.17) is 4.74 Å². The maximum absolute atomic E-state index is 12.2. The quantitative estimate of drug-likeness (QED) is 0.787. The van der Waals surface area contributed by atoms with Gasteiger partial charge in [0.2, 0.25) is 0 Å². The molecule has 0 radical (unpaired) electrons. The largest absolute Gasteiger partial charge is 0.455 e. The maximum atomic E-state index is 12.2. The summed E-state index contributed by atoms with van der Waals surface area (Å²) in [5.41, 5.74) is 0. The van der Waals surface area contributed by atoms with Gasteiger partial charge < -0.3 is 10.1 Å². The number of esters is 1. The standard InChI is InChI=1S/C17H25NO4/c1-10(11-5-6-11)18-15(19)9-22-17(21)14-7-12-3-2-4-13(8-14)16(12)20/h10-14H,2-9H2,1H3,(H,18,19)/t10-,12-,13+,14?/m1/s1. The fraction of sp³-hybridized carbons (Fsp3) is 0.824. The summed E-state index contributed by atoms with van der Waals surface area (Å²) >= 11 is 0. The second kappa shape index (κ2) is 6.39. The predicted octanol–water partition coefficient (Wildman–Crippen LogP) is 1.84. The van der Waals surface area contributed by atoms with Crippen molar-refractivity contribution in [2.45, 2.75) is 57.9 Å². The van der Waals surface area contributed by atoms with Crippen LogP contribution >= 0.6 is 0 Å². The molecule has 0 aromatic heterocycles. The molecule has 122 valence electrons. The SMILES string of the molecule is C[C@@H](NC(=O)COC(=O)C1C[C@H]2CCC[C@@H](C1)C2=O)C1CC1. The summed E-state index contributed by atoms with van der Waals surface area (Å²) in [5.74, 6) is 0.261. The van der Waals surface area contributed by atoms with Gasteiger partial charge in [0.25, 0.3) is 5.91 Å². The fourth-order valence-corrected chi connectivity index (χ4v) is 3.94. The number of ether oxygens (including phenoxy) is 1. The minimum atomic E-state index is -0.307. The maximum Gasteiger partial charge on any atom is 0.309 e. The molecule has 3 saturated carbocycles. The Morgan fingerprint density at radius 3 is 2.41 bits per heavy atom. The number of carbonyl (C=O) groups excluding carboxylic acids is 3. The summed E-state index contributed by atoms with van der Waals surface area (Å²) in [6.45, 7) is 1.79. The molecular formula is C17H25NO4. The van der Waals surface area contributed by atoms with Crippen molar-refractivity contribution in [3.63, 3.8) is 0 Å². The number of carbonyl (C=O) groups is 3. The number of ketones is 1. The van der Waals surface area contributed by atoms with Gasteiger partial charge in [-0.25, -0.2) is 0 Å². The zero-order valence-electron chi connectivity index (χ0n) is 13.2. The average molecular weight is 307 g/mol. The van der Waals surface area contributed by atoms with Crippen molar-refractivity contribution in [2.75, 3.05) is 6.61 Å². The number of fused-ring (bicyclic) bond motifs is 2. The van der Waals surface area contributed by atoms with Gasteiger partial charge in [-0.2, -0.15) is 0 Å². The second-order valence-corrected chi connectivity index (χ2v) is 7.20. The number of nitrogens with one attached hydrogen (secondary N) is 1. The highest BCUT2D eigenvalue weighted by Gasteiger charge is 2.42. The molecule has 0 spiro atoms. The molecule has 1 amide bonds. The molecular weight excluding hydrogens is 282 g/mol. The predicted molar refractivity (Wildman–Crippen MR) is 79.8 cm³/mol. The van der Waals surface area contributed by atoms with E-state index < -0.39 is 0 Å². The molecule has 0 aromatic rings. The highest BCUT2D eigenvalue weighted by atomic mass is 16.5. The highest BCUT2D eigenvalue weighted by Crippen LogP contribution is 2.40. The molecule has 0 saturated heterocycles. The Labute approximate surface area is 131 Å². The molecule has 0 aromatic carbocycles. The first kappa shape index (κ1) is 15.5. The van der Waals surface area contributed by atoms with E-state index in [0.717, 1.165) is 19.3 Å². The first-order valence-electron chi connectivity index (χ1n) is 8.54. The first-order valence-corrected chi connectivity index (χ1v) is 8.54. The van der Waals surface area contributed by atoms with Crippen molar-refractivity contribution in [3.8, 4) is 0 Å². The van der Waals surface area contributed by atoms with Crippen molar-refractivity contribution in [1.29, 1.82) is 0 Å². The third-order valence-corrected chi connectivity index (χ3v) is 5.44. The van der Waals surface area contributed by atoms with E-state index in [0.29, 0.717) is 24.5 Å². The van der Waals surface area contributed by atoms with E-state index in [1.807, 2.05) is 6.92 Å². The number of hydrogen-bond acceptors (Lipinski definition) is 4. The molecule has 0 aliphatic heterocycles. The van der Waals surface area contributed by atoms with E-state index in [-0.39, 0.29) is 42.3 Å². The van der Waals surface area contributed by atoms with Gasteiger partial charge in [-0.1, -0.05) is 6.42 Å². The lowest BCUT2D eigenvalue weighted by atomic mass is 9.67. The Balaban J connectivity index is 1.43. The van der Waals surface area contributed by atoms with Gasteiger partial charge in [0.05, 0.1) is 5.92 Å². The van der Waals surface area contributed by atoms with Crippen LogP contribution in [0.5, 0.6) is 0 Å². The molecule has 3 aliphatic rings. The van der Waals surface area contributed by atoms with Crippen LogP contribution in [0.25, 0.3) is 0 Å². The van der Waals surface area contributed by atoms with Gasteiger partial charge >= 0.3 is 5.97 Å². The van der Waals surface area contributed by atoms with E-state index in [2.05, 4.69) is 5.32 Å². The van der Waals surface area contributed by atoms with E-state index in [9.17, 15) is 14.4 Å². The molecule has 3 fully saturated rings. The smallest absolute Gasteiger partial charge is 0.309 e. The number of Topliss-reactive ketones (excluding diaryl/α,β-unsaturated/α-hetero) is 1. The van der Waals surface area contributed by atoms with Crippen LogP contribution in [0, 0.1) is 23.7 Å². The van der Waals surface area contributed by atoms with Crippen LogP contribution in [0.15, 0.2) is 0 Å². The number of amides is 1. The molecule has 2 bridgehead atoms. The third kappa shape index (κ3) is 3.50. The Bertz CT molecular complexity index is 455. The Hall–Kier alpha value is -1.39. The van der Waals surface area contributed by atoms with Gasteiger partial charge in [0, 0.05) is 17.9 Å². The van der Waals surface area contributed by atoms with Crippen LogP contribution < -0.4 is 5.32 Å². The van der Waals surface area contributed by atoms with Crippen LogP contribution in [0.4, 0.5) is 0 Å². The van der Waals surface area contributed by atoms with Crippen LogP contribution in [-0.2, 0) is 19.1 Å². The summed E-state index contributed by atoms with van der Waals surface area (Å²) in [4.78, 5) is 36.0. The van der Waals surface area contributed by atoms with E-state index in [1.165, 1.54) is 12.8 Å². The van der Waals surface area contributed by atoms with Crippen molar-refractivity contribution >= 4 is 17.7 Å². The average Bonchev–Trinajstić information content (AvgIpc) is 3.29. The molecule has 4 atom stereocenters. The zero-order valence-corrected chi connectivity index (χ0v) is 13.2. The Kier molecular flexibility index (Phi) is 4.50. The summed E-state index contributed by atoms with van der Waals surface area (Å²) in [5, 5.41) is 2.88. The van der Waals surface area contributed by atoms with Gasteiger partial charge in [0.15, 0.2) is 6.61 Å². The minimum Gasteiger partial charge on any atom is -0.455 e. The van der Waals surface area contributed by atoms with Crippen LogP contribution in [0.3, 0.4) is 0 Å². The normalized spacial score (nSPS) is 32.2. The molecule has 3 rings (SSSR count). The monoisotopic (exact) mass is 307 g/mol. The van der Waals surface area contributed by atoms with Crippen molar-refractivity contribution in [1.82, 2.24) is 5.32 Å². The van der Waals surface area contributed by atoms with Crippen LogP contribution in [0.1, 0.15) is 51.9 Å². The first-order chi connectivity index (χ1) is 10.5. The lowest BCUT2D eigenvalue weighted by Gasteiger charge is -2.36. The summed E-state index contributed by atoms with van der Waals surface area (Å²) in [7, 11) is 0. The highest BCUT2D eigenvalue weighted by molar-refractivity contribution is 5.88. The summed E-state index contributed by atoms with van der Waals surface area (Å²) in [6.07, 6.45) is 6.43. The second-order valence-electron chi connectivity index (χ2n) is 7.20. The zero-order chi connectivity index (χ0) is 15.7. The van der Waals surface area contributed by atoms with Crippen molar-refractivity contribution in [2.24, 2.45) is 23.7 Å². The lowest BCUT2D eigenvalue weighted by Crippen LogP contribution is -2.41. The number of hydrogen-bond donors (Lipinski definition) is 1. The molecule has 5 nitrogen and oxygen atoms in total. The van der Waals surface area contributed by atoms with Gasteiger partial charge in [-0.3, -0.25) is 14.4 Å². The van der Waals surface area contributed by atoms with Crippen molar-refractivity contribution in [3.05, 3.63) is 0 Å². The Morgan fingerprint density at radius 2 is 1.82 bits per heavy atom. The topological polar surface area (TPSA) is 72.5 Å². The van der Waals surface area contributed by atoms with Gasteiger partial charge in [-0.15, -0.1) is 0 Å². The molecule has 22 heavy (non-hydrogen) atoms. The van der Waals surface area contributed by atoms with E-state index in [1.54, 1.807) is 0 Å². The Morgan fingerprint density at radius 1 is 1.18 bits per heavy atom. The fourth-order valence-electron chi connectivity index (χ4n) is 3.94. The molecule has 0 heterocycles. The van der Waals surface area contributed by atoms with Crippen molar-refractivity contribution < 1.29 is 19.1 Å². The number of rotatable bonds is 5. The molecule has 1 unspecified atom stereocenters. The van der Waals surface area contributed by atoms with Gasteiger partial charge in [0.1, 0.15) is 5.78 Å². The third-order valence-electron chi connectivity index (χ3n) is 5.44. The van der Waals surface area contributed by atoms with Gasteiger partial charge in [-0.05, 0) is 51.4 Å². The molecule has 5 heteroatoms. The minimum absolute atomic E-state index is 0.0359. The molecule has 1 N–H and O–H groups in total. The lowest BCUT2D eigenvalue weighted by molar-refractivity contribution is -0.156. The van der Waals surface area contributed by atoms with Crippen LogP contribution in [-0.4, -0.2) is 30.3 Å².